The van der Waals surface area contributed by atoms with Crippen molar-refractivity contribution in [1.82, 2.24) is 60.5 Å². The largest absolute Gasteiger partial charge is 0.390 e. The van der Waals surface area contributed by atoms with Crippen molar-refractivity contribution in [3.63, 3.8) is 0 Å². The van der Waals surface area contributed by atoms with Crippen LogP contribution in [0.2, 0.25) is 0 Å². The summed E-state index contributed by atoms with van der Waals surface area (Å²) >= 11 is 0. The number of hydrogen-bond acceptors (Lipinski definition) is 16. The monoisotopic (exact) mass is 1380 g/mol. The van der Waals surface area contributed by atoms with Crippen LogP contribution in [0.25, 0.3) is 0 Å². The van der Waals surface area contributed by atoms with Crippen molar-refractivity contribution in [2.45, 2.75) is 215 Å². The maximum Gasteiger partial charge on any atom is 0.248 e. The average Bonchev–Trinajstić information content (AvgIpc) is 1.58. The molecule has 2 saturated heterocycles. The number of rotatable bonds is 21. The minimum Gasteiger partial charge on any atom is -0.390 e. The van der Waals surface area contributed by atoms with E-state index in [0.717, 1.165) is 34.3 Å². The minimum atomic E-state index is -1.64. The normalized spacial score (nSPS) is 28.4. The molecule has 0 aromatic heterocycles. The number of carbonyl (C=O) groups is 11. The van der Waals surface area contributed by atoms with Gasteiger partial charge in [-0.25, -0.2) is 0 Å². The van der Waals surface area contributed by atoms with Gasteiger partial charge in [-0.15, -0.1) is 0 Å². The van der Waals surface area contributed by atoms with Crippen LogP contribution >= 0.6 is 0 Å². The van der Waals surface area contributed by atoms with E-state index in [1.807, 2.05) is 47.6 Å². The zero-order valence-corrected chi connectivity index (χ0v) is 63.3. The van der Waals surface area contributed by atoms with Crippen LogP contribution in [0.15, 0.2) is 24.3 Å². The Labute approximate surface area is 584 Å². The topological polar surface area (TPSA) is 310 Å². The van der Waals surface area contributed by atoms with E-state index >= 15 is 24.0 Å². The third-order valence-corrected chi connectivity index (χ3v) is 19.2. The van der Waals surface area contributed by atoms with E-state index < -0.39 is 167 Å². The Morgan fingerprint density at radius 2 is 1.05 bits per heavy atom. The summed E-state index contributed by atoms with van der Waals surface area (Å²) in [5, 5.41) is 23.5. The van der Waals surface area contributed by atoms with Crippen LogP contribution in [0.4, 0.5) is 0 Å². The molecule has 1 spiro atoms. The maximum atomic E-state index is 15.3. The van der Waals surface area contributed by atoms with E-state index in [4.69, 9.17) is 14.2 Å². The number of aliphatic hydroxyl groups is 1. The molecule has 3 rings (SSSR count). The molecule has 0 radical (unpaired) electrons. The van der Waals surface area contributed by atoms with Crippen LogP contribution in [-0.4, -0.2) is 290 Å². The summed E-state index contributed by atoms with van der Waals surface area (Å²) in [5.74, 6) is -10.6. The number of nitrogens with zero attached hydrogens (tertiary/aromatic N) is 8. The quantitative estimate of drug-likeness (QED) is 0.0815. The molecule has 98 heavy (non-hydrogen) atoms. The lowest BCUT2D eigenvalue weighted by molar-refractivity contribution is -0.157. The molecule has 14 atom stereocenters. The molecule has 27 nitrogen and oxygen atoms in total. The van der Waals surface area contributed by atoms with Crippen molar-refractivity contribution >= 4 is 65.0 Å². The van der Waals surface area contributed by atoms with E-state index in [1.165, 1.54) is 82.8 Å². The zero-order valence-electron chi connectivity index (χ0n) is 63.3. The third kappa shape index (κ3) is 23.5. The second kappa shape index (κ2) is 39.4. The maximum absolute atomic E-state index is 15.3. The molecule has 2 heterocycles. The van der Waals surface area contributed by atoms with E-state index in [-0.39, 0.29) is 56.7 Å². The Kier molecular flexibility index (Phi) is 34.5. The van der Waals surface area contributed by atoms with Crippen molar-refractivity contribution in [2.24, 2.45) is 41.4 Å². The Hall–Kier alpha value is -6.55. The van der Waals surface area contributed by atoms with Crippen molar-refractivity contribution in [2.75, 3.05) is 109 Å². The van der Waals surface area contributed by atoms with Crippen LogP contribution in [0.5, 0.6) is 0 Å². The third-order valence-electron chi connectivity index (χ3n) is 19.2. The van der Waals surface area contributed by atoms with E-state index in [9.17, 15) is 33.9 Å². The number of morpholine rings is 1. The lowest BCUT2D eigenvalue weighted by atomic mass is 9.91. The van der Waals surface area contributed by atoms with Crippen LogP contribution in [0.1, 0.15) is 143 Å². The molecule has 0 aromatic rings. The average molecular weight is 1390 g/mol. The summed E-state index contributed by atoms with van der Waals surface area (Å²) < 4.78 is 17.5. The standard InChI is InChI=1S/C71H124N12O15/c1-24-25-28-47(12)60(85)59-64(89)75-71(40-48(71)13)70(95)76(17)41-55(84)80(21)58(51(16)98-33-27-26-32-96-34-29-83-30-35-97-36-31-83)63(88)74-56(45(8)9)68(93)77(18)52(37-42(2)3)62(87)72-49(14)61(86)73-50(15)65(90)78(19)53(38-43(4)5)66(91)79(20)54(39-44(6)7)67(92)81(22)57(46(10)11)69(94)82(59)23/h24-27,42-54,56-60,85H,28-41H2,1-23H3,(H,72,87)(H,73,86)(H,74,88)(H,75,89)/b25-24+,27-26+/t47-,48-,49+,50-,51-,52+,53+,54+,56+,57+,58+,59+,60-,71?/m1/s1. The van der Waals surface area contributed by atoms with Crippen LogP contribution in [-0.2, 0) is 67.0 Å². The van der Waals surface area contributed by atoms with Gasteiger partial charge in [0.1, 0.15) is 59.9 Å². The molecule has 0 bridgehead atoms. The molecule has 0 aromatic carbocycles. The highest BCUT2D eigenvalue weighted by Crippen LogP contribution is 2.45. The first-order chi connectivity index (χ1) is 45.7. The van der Waals surface area contributed by atoms with Gasteiger partial charge in [-0.1, -0.05) is 107 Å². The lowest BCUT2D eigenvalue weighted by Gasteiger charge is -2.41. The molecular weight excluding hydrogens is 1260 g/mol. The highest BCUT2D eigenvalue weighted by Gasteiger charge is 2.61. The zero-order chi connectivity index (χ0) is 74.5. The van der Waals surface area contributed by atoms with E-state index in [0.29, 0.717) is 26.2 Å². The first kappa shape index (κ1) is 85.7. The summed E-state index contributed by atoms with van der Waals surface area (Å²) in [4.78, 5) is 174. The predicted octanol–water partition coefficient (Wildman–Crippen LogP) is 2.53. The molecule has 2 aliphatic heterocycles. The van der Waals surface area contributed by atoms with Gasteiger partial charge in [0.25, 0.3) is 0 Å². The van der Waals surface area contributed by atoms with Gasteiger partial charge in [-0.05, 0) is 101 Å². The Bertz CT molecular complexity index is 2760. The predicted molar refractivity (Wildman–Crippen MR) is 374 cm³/mol. The van der Waals surface area contributed by atoms with Crippen LogP contribution in [0, 0.1) is 41.4 Å². The molecule has 3 aliphatic rings. The number of carbonyl (C=O) groups excluding carboxylic acids is 11. The van der Waals surface area contributed by atoms with Gasteiger partial charge in [-0.2, -0.15) is 0 Å². The highest BCUT2D eigenvalue weighted by atomic mass is 16.5. The van der Waals surface area contributed by atoms with Gasteiger partial charge in [0.2, 0.25) is 65.0 Å². The van der Waals surface area contributed by atoms with Crippen molar-refractivity contribution in [1.29, 1.82) is 0 Å². The first-order valence-electron chi connectivity index (χ1n) is 35.2. The molecule has 558 valence electrons. The molecule has 1 unspecified atom stereocenters. The molecule has 27 heteroatoms. The van der Waals surface area contributed by atoms with Crippen LogP contribution < -0.4 is 21.3 Å². The lowest BCUT2D eigenvalue weighted by Crippen LogP contribution is -2.64. The van der Waals surface area contributed by atoms with E-state index in [2.05, 4.69) is 26.2 Å². The van der Waals surface area contributed by atoms with Gasteiger partial charge in [0.05, 0.1) is 51.8 Å². The molecular formula is C71H124N12O15. The van der Waals surface area contributed by atoms with Gasteiger partial charge >= 0.3 is 0 Å². The summed E-state index contributed by atoms with van der Waals surface area (Å²) in [7, 11) is 9.88. The Balaban J connectivity index is 2.28. The van der Waals surface area contributed by atoms with Crippen molar-refractivity contribution in [3.05, 3.63) is 24.3 Å². The SMILES string of the molecule is C/C=C/C[C@@H](C)[C@@H](O)[C@H]1C(=O)NC2(C[C@H]2C)C(=O)N(C)CC(=O)N(C)[C@@H]([C@@H](C)OC/C=C/COCCN2CCOCC2)C(=O)N[C@@H](C(C)C)C(=O)N(C)[C@@H](CC(C)C)C(=O)N[C@@H](C)C(=O)N[C@H](C)C(=O)N(C)[C@@H](CC(C)C)C(=O)N(C)[C@@H](CC(C)C)C(=O)N(C)[C@@H](C(C)C)C(=O)N1C. The fourth-order valence-corrected chi connectivity index (χ4v) is 12.8. The highest BCUT2D eigenvalue weighted by molar-refractivity contribution is 6.01. The van der Waals surface area contributed by atoms with Gasteiger partial charge in [0.15, 0.2) is 0 Å². The second-order valence-corrected chi connectivity index (χ2v) is 29.5. The molecule has 3 fully saturated rings. The number of allylic oxidation sites excluding steroid dienone is 2. The minimum absolute atomic E-state index is 0.0179. The smallest absolute Gasteiger partial charge is 0.248 e. The van der Waals surface area contributed by atoms with Crippen molar-refractivity contribution in [3.8, 4) is 0 Å². The summed E-state index contributed by atoms with van der Waals surface area (Å²) in [6, 6.07) is -11.7. The second-order valence-electron chi connectivity index (χ2n) is 29.5. The first-order valence-corrected chi connectivity index (χ1v) is 35.2. The number of likely N-dealkylation sites (N-methyl/N-ethyl adjacent to an activating group) is 7. The summed E-state index contributed by atoms with van der Waals surface area (Å²) in [5.41, 5.74) is -1.62. The number of amides is 11. The Morgan fingerprint density at radius 1 is 0.551 bits per heavy atom. The van der Waals surface area contributed by atoms with Gasteiger partial charge in [0, 0.05) is 69.0 Å². The van der Waals surface area contributed by atoms with Gasteiger partial charge < -0.3 is 74.9 Å². The van der Waals surface area contributed by atoms with Gasteiger partial charge in [-0.3, -0.25) is 57.6 Å². The number of hydrogen-bond donors (Lipinski definition) is 5. The number of ether oxygens (including phenoxy) is 3. The fraction of sp³-hybridized carbons (Fsp3) is 0.789. The van der Waals surface area contributed by atoms with Crippen molar-refractivity contribution < 1.29 is 72.1 Å². The molecule has 5 N–H and O–H groups in total. The number of aliphatic hydroxyl groups excluding tert-OH is 1. The summed E-state index contributed by atoms with van der Waals surface area (Å²) in [6.07, 6.45) is 5.32. The Morgan fingerprint density at radius 3 is 1.57 bits per heavy atom. The molecule has 1 saturated carbocycles. The fourth-order valence-electron chi connectivity index (χ4n) is 12.8. The van der Waals surface area contributed by atoms with E-state index in [1.54, 1.807) is 73.6 Å². The molecule has 1 aliphatic carbocycles. The van der Waals surface area contributed by atoms with Crippen LogP contribution in [0.3, 0.4) is 0 Å². The number of nitrogens with one attached hydrogen (secondary N) is 4. The molecule has 11 amide bonds. The summed E-state index contributed by atoms with van der Waals surface area (Å²) in [6.45, 7) is 31.7.